The number of hydrogen-bond acceptors (Lipinski definition) is 2. The topological polar surface area (TPSA) is 37.3 Å². The van der Waals surface area contributed by atoms with Gasteiger partial charge in [0.2, 0.25) is 0 Å². The van der Waals surface area contributed by atoms with E-state index < -0.39 is 11.8 Å². The first-order valence-electron chi connectivity index (χ1n) is 4.37. The van der Waals surface area contributed by atoms with Crippen LogP contribution in [-0.2, 0) is 0 Å². The van der Waals surface area contributed by atoms with E-state index in [0.29, 0.717) is 9.21 Å². The third kappa shape index (κ3) is 1.94. The van der Waals surface area contributed by atoms with Gasteiger partial charge in [-0.25, -0.2) is 9.18 Å². The molecular formula is C11H6ClFO2S. The zero-order valence-corrected chi connectivity index (χ0v) is 9.48. The maximum Gasteiger partial charge on any atom is 0.338 e. The summed E-state index contributed by atoms with van der Waals surface area (Å²) in [5.41, 5.74) is -0.0705. The number of carboxylic acids is 1. The highest BCUT2D eigenvalue weighted by atomic mass is 35.5. The fourth-order valence-electron chi connectivity index (χ4n) is 1.35. The minimum absolute atomic E-state index is 0.261. The van der Waals surface area contributed by atoms with Gasteiger partial charge in [0.25, 0.3) is 0 Å². The maximum atomic E-state index is 13.8. The van der Waals surface area contributed by atoms with Crippen molar-refractivity contribution < 1.29 is 14.3 Å². The van der Waals surface area contributed by atoms with Gasteiger partial charge in [0.15, 0.2) is 0 Å². The second-order valence-electron chi connectivity index (χ2n) is 3.08. The highest BCUT2D eigenvalue weighted by Crippen LogP contribution is 2.33. The summed E-state index contributed by atoms with van der Waals surface area (Å²) in [6.07, 6.45) is 0. The van der Waals surface area contributed by atoms with Gasteiger partial charge >= 0.3 is 5.97 Å². The number of carbonyl (C=O) groups is 1. The van der Waals surface area contributed by atoms with Crippen LogP contribution < -0.4 is 0 Å². The molecule has 16 heavy (non-hydrogen) atoms. The molecule has 0 saturated carbocycles. The molecule has 1 N–H and O–H groups in total. The summed E-state index contributed by atoms with van der Waals surface area (Å²) in [6.45, 7) is 0. The van der Waals surface area contributed by atoms with Crippen LogP contribution >= 0.6 is 22.9 Å². The van der Waals surface area contributed by atoms with Crippen molar-refractivity contribution in [1.82, 2.24) is 0 Å². The normalized spacial score (nSPS) is 10.4. The number of halogens is 2. The molecule has 0 amide bonds. The molecule has 0 radical (unpaired) electrons. The Kier molecular flexibility index (Phi) is 2.94. The second kappa shape index (κ2) is 4.23. The zero-order chi connectivity index (χ0) is 11.7. The van der Waals surface area contributed by atoms with Crippen LogP contribution in [0.4, 0.5) is 4.39 Å². The number of hydrogen-bond donors (Lipinski definition) is 1. The molecule has 0 saturated heterocycles. The minimum atomic E-state index is -1.28. The van der Waals surface area contributed by atoms with Gasteiger partial charge in [-0.1, -0.05) is 23.7 Å². The minimum Gasteiger partial charge on any atom is -0.478 e. The van der Waals surface area contributed by atoms with Crippen LogP contribution in [0.3, 0.4) is 0 Å². The van der Waals surface area contributed by atoms with Gasteiger partial charge in [0.05, 0.1) is 9.90 Å². The van der Waals surface area contributed by atoms with Crippen molar-refractivity contribution in [2.45, 2.75) is 0 Å². The molecule has 0 fully saturated rings. The van der Waals surface area contributed by atoms with E-state index in [9.17, 15) is 9.18 Å². The summed E-state index contributed by atoms with van der Waals surface area (Å²) in [7, 11) is 0. The molecule has 0 aliphatic heterocycles. The summed E-state index contributed by atoms with van der Waals surface area (Å²) >= 11 is 6.95. The van der Waals surface area contributed by atoms with Gasteiger partial charge in [-0.2, -0.15) is 0 Å². The van der Waals surface area contributed by atoms with E-state index in [1.807, 2.05) is 0 Å². The Balaban J connectivity index is 2.58. The number of rotatable bonds is 2. The van der Waals surface area contributed by atoms with Crippen molar-refractivity contribution >= 4 is 28.9 Å². The monoisotopic (exact) mass is 256 g/mol. The molecule has 1 heterocycles. The zero-order valence-electron chi connectivity index (χ0n) is 7.91. The fraction of sp³-hybridized carbons (Fsp3) is 0. The molecule has 1 aromatic heterocycles. The van der Waals surface area contributed by atoms with Crippen molar-refractivity contribution in [3.63, 3.8) is 0 Å². The highest BCUT2D eigenvalue weighted by molar-refractivity contribution is 7.19. The van der Waals surface area contributed by atoms with E-state index in [1.165, 1.54) is 29.5 Å². The third-order valence-corrected chi connectivity index (χ3v) is 3.33. The maximum absolute atomic E-state index is 13.8. The molecule has 1 aromatic carbocycles. The quantitative estimate of drug-likeness (QED) is 0.885. The average molecular weight is 257 g/mol. The van der Waals surface area contributed by atoms with E-state index >= 15 is 0 Å². The summed E-state index contributed by atoms with van der Waals surface area (Å²) in [4.78, 5) is 11.4. The molecule has 0 atom stereocenters. The number of benzene rings is 1. The Hall–Kier alpha value is -1.39. The average Bonchev–Trinajstić information content (AvgIpc) is 2.64. The van der Waals surface area contributed by atoms with Gasteiger partial charge < -0.3 is 5.11 Å². The number of carboxylic acid groups (broad SMARTS) is 1. The SMILES string of the molecule is O=C(O)c1cccc(-c2ccc(Cl)s2)c1F. The summed E-state index contributed by atoms with van der Waals surface area (Å²) in [6, 6.07) is 7.58. The molecular weight excluding hydrogens is 251 g/mol. The summed E-state index contributed by atoms with van der Waals surface area (Å²) in [5, 5.41) is 8.78. The van der Waals surface area contributed by atoms with Gasteiger partial charge in [-0.15, -0.1) is 11.3 Å². The predicted molar refractivity (Wildman–Crippen MR) is 61.7 cm³/mol. The van der Waals surface area contributed by atoms with Crippen molar-refractivity contribution in [3.05, 3.63) is 46.0 Å². The lowest BCUT2D eigenvalue weighted by Gasteiger charge is -2.02. The lowest BCUT2D eigenvalue weighted by atomic mass is 10.1. The molecule has 0 bridgehead atoms. The van der Waals surface area contributed by atoms with Crippen LogP contribution in [0.25, 0.3) is 10.4 Å². The van der Waals surface area contributed by atoms with E-state index in [2.05, 4.69) is 0 Å². The molecule has 0 aliphatic carbocycles. The van der Waals surface area contributed by atoms with Crippen LogP contribution in [0, 0.1) is 5.82 Å². The Morgan fingerprint density at radius 3 is 2.62 bits per heavy atom. The molecule has 0 aliphatic rings. The van der Waals surface area contributed by atoms with E-state index in [-0.39, 0.29) is 11.1 Å². The van der Waals surface area contributed by atoms with E-state index in [1.54, 1.807) is 12.1 Å². The third-order valence-electron chi connectivity index (χ3n) is 2.07. The Bertz CT molecular complexity index is 551. The molecule has 82 valence electrons. The molecule has 0 unspecified atom stereocenters. The lowest BCUT2D eigenvalue weighted by Crippen LogP contribution is -2.01. The molecule has 2 aromatic rings. The first kappa shape index (κ1) is 11.1. The van der Waals surface area contributed by atoms with Crippen molar-refractivity contribution in [1.29, 1.82) is 0 Å². The van der Waals surface area contributed by atoms with Gasteiger partial charge in [0.1, 0.15) is 5.82 Å². The predicted octanol–water partition coefficient (Wildman–Crippen LogP) is 3.91. The molecule has 2 nitrogen and oxygen atoms in total. The Morgan fingerprint density at radius 1 is 1.31 bits per heavy atom. The summed E-state index contributed by atoms with van der Waals surface area (Å²) < 4.78 is 14.3. The smallest absolute Gasteiger partial charge is 0.338 e. The van der Waals surface area contributed by atoms with Crippen LogP contribution in [-0.4, -0.2) is 11.1 Å². The van der Waals surface area contributed by atoms with E-state index in [4.69, 9.17) is 16.7 Å². The van der Waals surface area contributed by atoms with Gasteiger partial charge in [-0.05, 0) is 18.2 Å². The molecule has 5 heteroatoms. The van der Waals surface area contributed by atoms with Gasteiger partial charge in [0, 0.05) is 10.4 Å². The number of aromatic carboxylic acids is 1. The standard InChI is InChI=1S/C11H6ClFO2S/c12-9-5-4-8(16-9)6-2-1-3-7(10(6)13)11(14)15/h1-5H,(H,14,15). The van der Waals surface area contributed by atoms with Crippen LogP contribution in [0.1, 0.15) is 10.4 Å². The summed E-state index contributed by atoms with van der Waals surface area (Å²) in [5.74, 6) is -2.00. The second-order valence-corrected chi connectivity index (χ2v) is 4.79. The van der Waals surface area contributed by atoms with Crippen LogP contribution in [0.15, 0.2) is 30.3 Å². The fourth-order valence-corrected chi connectivity index (χ4v) is 2.41. The lowest BCUT2D eigenvalue weighted by molar-refractivity contribution is 0.0692. The van der Waals surface area contributed by atoms with Gasteiger partial charge in [-0.3, -0.25) is 0 Å². The molecule has 0 spiro atoms. The first-order valence-corrected chi connectivity index (χ1v) is 5.56. The Morgan fingerprint density at radius 2 is 2.06 bits per heavy atom. The number of thiophene rings is 1. The highest BCUT2D eigenvalue weighted by Gasteiger charge is 2.15. The van der Waals surface area contributed by atoms with Crippen molar-refractivity contribution in [3.8, 4) is 10.4 Å². The van der Waals surface area contributed by atoms with Crippen molar-refractivity contribution in [2.75, 3.05) is 0 Å². The van der Waals surface area contributed by atoms with Crippen LogP contribution in [0.5, 0.6) is 0 Å². The molecule has 2 rings (SSSR count). The van der Waals surface area contributed by atoms with Crippen molar-refractivity contribution in [2.24, 2.45) is 0 Å². The Labute approximate surface area is 99.9 Å². The first-order chi connectivity index (χ1) is 7.59. The largest absolute Gasteiger partial charge is 0.478 e. The van der Waals surface area contributed by atoms with E-state index in [0.717, 1.165) is 0 Å². The van der Waals surface area contributed by atoms with Crippen LogP contribution in [0.2, 0.25) is 4.34 Å².